The number of benzene rings is 2. The molecule has 0 aliphatic carbocycles. The van der Waals surface area contributed by atoms with Crippen molar-refractivity contribution in [1.29, 1.82) is 0 Å². The number of rotatable bonds is 7. The van der Waals surface area contributed by atoms with Gasteiger partial charge in [-0.25, -0.2) is 0 Å². The first kappa shape index (κ1) is 20.0. The molecule has 0 saturated carbocycles. The van der Waals surface area contributed by atoms with Crippen LogP contribution in [0.3, 0.4) is 0 Å². The van der Waals surface area contributed by atoms with Gasteiger partial charge >= 0.3 is 5.97 Å². The van der Waals surface area contributed by atoms with Crippen LogP contribution >= 0.6 is 22.6 Å². The Morgan fingerprint density at radius 2 is 1.81 bits per heavy atom. The molecule has 6 heteroatoms. The van der Waals surface area contributed by atoms with E-state index in [-0.39, 0.29) is 17.9 Å². The van der Waals surface area contributed by atoms with Crippen molar-refractivity contribution in [1.82, 2.24) is 0 Å². The number of anilines is 1. The van der Waals surface area contributed by atoms with Gasteiger partial charge in [0.25, 0.3) is 5.91 Å². The highest BCUT2D eigenvalue weighted by atomic mass is 127. The van der Waals surface area contributed by atoms with E-state index in [1.54, 1.807) is 18.1 Å². The molecule has 2 rings (SSSR count). The predicted molar refractivity (Wildman–Crippen MR) is 109 cm³/mol. The molecule has 0 bridgehead atoms. The first-order chi connectivity index (χ1) is 12.5. The summed E-state index contributed by atoms with van der Waals surface area (Å²) in [4.78, 5) is 26.1. The van der Waals surface area contributed by atoms with Gasteiger partial charge in [0.05, 0.1) is 32.9 Å². The van der Waals surface area contributed by atoms with Gasteiger partial charge in [-0.15, -0.1) is 0 Å². The maximum atomic E-state index is 13.0. The van der Waals surface area contributed by atoms with E-state index >= 15 is 0 Å². The van der Waals surface area contributed by atoms with Gasteiger partial charge in [0.2, 0.25) is 0 Å². The summed E-state index contributed by atoms with van der Waals surface area (Å²) < 4.78 is 10.7. The number of hydrogen-bond acceptors (Lipinski definition) is 4. The Bertz CT molecular complexity index is 805. The second-order valence-electron chi connectivity index (χ2n) is 5.55. The molecular weight excluding hydrogens is 445 g/mol. The molecule has 2 aromatic carbocycles. The molecule has 136 valence electrons. The van der Waals surface area contributed by atoms with E-state index in [0.29, 0.717) is 12.3 Å². The highest BCUT2D eigenvalue weighted by Gasteiger charge is 2.23. The Morgan fingerprint density at radius 1 is 1.12 bits per heavy atom. The molecule has 26 heavy (non-hydrogen) atoms. The van der Waals surface area contributed by atoms with Gasteiger partial charge in [-0.1, -0.05) is 36.9 Å². The second-order valence-corrected chi connectivity index (χ2v) is 6.71. The largest absolute Gasteiger partial charge is 0.497 e. The number of nitrogens with zero attached hydrogens (tertiary/aromatic N) is 1. The van der Waals surface area contributed by atoms with E-state index in [2.05, 4.69) is 33.9 Å². The lowest BCUT2D eigenvalue weighted by Crippen LogP contribution is -2.32. The molecule has 0 aliphatic rings. The minimum atomic E-state index is -0.493. The second kappa shape index (κ2) is 9.38. The SMILES string of the molecule is C=C(CC(=O)OC)C(=O)N(Cc1ccccc1)c1ccc(OC)cc1I. The number of carbonyl (C=O) groups excluding carboxylic acids is 2. The summed E-state index contributed by atoms with van der Waals surface area (Å²) in [5.74, 6) is -0.103. The van der Waals surface area contributed by atoms with Crippen molar-refractivity contribution >= 4 is 40.2 Å². The fourth-order valence-electron chi connectivity index (χ4n) is 2.38. The fourth-order valence-corrected chi connectivity index (χ4v) is 3.16. The molecule has 0 aliphatic heterocycles. The molecule has 0 heterocycles. The summed E-state index contributed by atoms with van der Waals surface area (Å²) in [6.45, 7) is 4.14. The molecular formula is C20H20INO4. The van der Waals surface area contributed by atoms with Gasteiger partial charge < -0.3 is 14.4 Å². The first-order valence-corrected chi connectivity index (χ1v) is 8.98. The highest BCUT2D eigenvalue weighted by molar-refractivity contribution is 14.1. The smallest absolute Gasteiger partial charge is 0.310 e. The number of halogens is 1. The Balaban J connectivity index is 2.37. The van der Waals surface area contributed by atoms with E-state index < -0.39 is 5.97 Å². The van der Waals surface area contributed by atoms with E-state index in [1.807, 2.05) is 42.5 Å². The Hall–Kier alpha value is -2.35. The topological polar surface area (TPSA) is 55.8 Å². The zero-order chi connectivity index (χ0) is 19.1. The van der Waals surface area contributed by atoms with Crippen LogP contribution in [0.15, 0.2) is 60.7 Å². The summed E-state index contributed by atoms with van der Waals surface area (Å²) in [6.07, 6.45) is -0.145. The van der Waals surface area contributed by atoms with Gasteiger partial charge in [-0.3, -0.25) is 9.59 Å². The molecule has 0 atom stereocenters. The highest BCUT2D eigenvalue weighted by Crippen LogP contribution is 2.29. The summed E-state index contributed by atoms with van der Waals surface area (Å²) >= 11 is 2.16. The number of methoxy groups -OCH3 is 2. The van der Waals surface area contributed by atoms with Gasteiger partial charge in [-0.2, -0.15) is 0 Å². The minimum absolute atomic E-state index is 0.145. The lowest BCUT2D eigenvalue weighted by molar-refractivity contribution is -0.140. The normalized spacial score (nSPS) is 10.1. The van der Waals surface area contributed by atoms with Crippen LogP contribution < -0.4 is 9.64 Å². The number of hydrogen-bond donors (Lipinski definition) is 0. The third kappa shape index (κ3) is 5.08. The molecule has 0 spiro atoms. The van der Waals surface area contributed by atoms with Gasteiger partial charge in [-0.05, 0) is 46.4 Å². The molecule has 2 aromatic rings. The average Bonchev–Trinajstić information content (AvgIpc) is 2.66. The molecule has 0 saturated heterocycles. The Labute approximate surface area is 166 Å². The maximum absolute atomic E-state index is 13.0. The van der Waals surface area contributed by atoms with Gasteiger partial charge in [0, 0.05) is 9.14 Å². The van der Waals surface area contributed by atoms with Crippen molar-refractivity contribution in [2.45, 2.75) is 13.0 Å². The zero-order valence-corrected chi connectivity index (χ0v) is 16.9. The van der Waals surface area contributed by atoms with Crippen molar-refractivity contribution in [2.24, 2.45) is 0 Å². The van der Waals surface area contributed by atoms with Crippen LogP contribution in [0.25, 0.3) is 0 Å². The average molecular weight is 465 g/mol. The minimum Gasteiger partial charge on any atom is -0.497 e. The zero-order valence-electron chi connectivity index (χ0n) is 14.7. The van der Waals surface area contributed by atoms with Gasteiger partial charge in [0.1, 0.15) is 5.75 Å². The standard InChI is InChI=1S/C20H20INO4/c1-14(11-19(23)26-3)20(24)22(13-15-7-5-4-6-8-15)18-10-9-16(25-2)12-17(18)21/h4-10,12H,1,11,13H2,2-3H3. The molecule has 0 aromatic heterocycles. The summed E-state index contributed by atoms with van der Waals surface area (Å²) in [7, 11) is 2.88. The third-order valence-corrected chi connectivity index (χ3v) is 4.63. The number of esters is 1. The number of carbonyl (C=O) groups is 2. The monoisotopic (exact) mass is 465 g/mol. The van der Waals surface area contributed by atoms with Crippen LogP contribution in [-0.2, 0) is 20.9 Å². The number of amides is 1. The van der Waals surface area contributed by atoms with Crippen LogP contribution in [0, 0.1) is 3.57 Å². The van der Waals surface area contributed by atoms with Crippen molar-refractivity contribution in [3.63, 3.8) is 0 Å². The van der Waals surface area contributed by atoms with E-state index in [9.17, 15) is 9.59 Å². The summed E-state index contributed by atoms with van der Waals surface area (Å²) in [5, 5.41) is 0. The van der Waals surface area contributed by atoms with E-state index in [4.69, 9.17) is 4.74 Å². The lowest BCUT2D eigenvalue weighted by Gasteiger charge is -2.25. The number of ether oxygens (including phenoxy) is 2. The van der Waals surface area contributed by atoms with Crippen molar-refractivity contribution in [3.05, 3.63) is 69.8 Å². The molecule has 0 fully saturated rings. The molecule has 1 amide bonds. The van der Waals surface area contributed by atoms with Crippen LogP contribution in [0.1, 0.15) is 12.0 Å². The quantitative estimate of drug-likeness (QED) is 0.353. The third-order valence-electron chi connectivity index (χ3n) is 3.76. The maximum Gasteiger partial charge on any atom is 0.310 e. The molecule has 0 N–H and O–H groups in total. The van der Waals surface area contributed by atoms with E-state index in [1.165, 1.54) is 7.11 Å². The molecule has 0 unspecified atom stereocenters. The lowest BCUT2D eigenvalue weighted by atomic mass is 10.1. The fraction of sp³-hybridized carbons (Fsp3) is 0.200. The van der Waals surface area contributed by atoms with E-state index in [0.717, 1.165) is 14.8 Å². The van der Waals surface area contributed by atoms with Crippen LogP contribution in [0.2, 0.25) is 0 Å². The predicted octanol–water partition coefficient (Wildman–Crippen LogP) is 3.95. The van der Waals surface area contributed by atoms with Crippen LogP contribution in [-0.4, -0.2) is 26.1 Å². The molecule has 0 radical (unpaired) electrons. The van der Waals surface area contributed by atoms with Crippen LogP contribution in [0.4, 0.5) is 5.69 Å². The van der Waals surface area contributed by atoms with Crippen LogP contribution in [0.5, 0.6) is 5.75 Å². The summed E-state index contributed by atoms with van der Waals surface area (Å²) in [5.41, 5.74) is 1.88. The molecule has 5 nitrogen and oxygen atoms in total. The first-order valence-electron chi connectivity index (χ1n) is 7.90. The Morgan fingerprint density at radius 3 is 2.38 bits per heavy atom. The van der Waals surface area contributed by atoms with Crippen molar-refractivity contribution in [3.8, 4) is 5.75 Å². The van der Waals surface area contributed by atoms with Gasteiger partial charge in [0.15, 0.2) is 0 Å². The summed E-state index contributed by atoms with van der Waals surface area (Å²) in [6, 6.07) is 15.1. The van der Waals surface area contributed by atoms with Crippen molar-refractivity contribution in [2.75, 3.05) is 19.1 Å². The van der Waals surface area contributed by atoms with Crippen molar-refractivity contribution < 1.29 is 19.1 Å². The Kier molecular flexibility index (Phi) is 7.20.